The molecule has 0 bridgehead atoms. The molecule has 1 aliphatic rings. The lowest BCUT2D eigenvalue weighted by Crippen LogP contribution is -2.38. The Bertz CT molecular complexity index is 422. The van der Waals surface area contributed by atoms with Crippen LogP contribution in [0.5, 0.6) is 0 Å². The molecule has 1 aliphatic heterocycles. The number of likely N-dealkylation sites (tertiary alicyclic amines) is 1. The van der Waals surface area contributed by atoms with Gasteiger partial charge in [-0.15, -0.1) is 0 Å². The number of anilines is 1. The van der Waals surface area contributed by atoms with E-state index >= 15 is 0 Å². The molecule has 4 heteroatoms. The average molecular weight is 282 g/mol. The number of hydrogen-bond acceptors (Lipinski definition) is 3. The fourth-order valence-electron chi connectivity index (χ4n) is 2.93. The number of halogens is 1. The van der Waals surface area contributed by atoms with Gasteiger partial charge < -0.3 is 10.6 Å². The highest BCUT2D eigenvalue weighted by atomic mass is 35.5. The fraction of sp³-hybridized carbons (Fsp3) is 0.600. The average Bonchev–Trinajstić information content (AvgIpc) is 2.80. The summed E-state index contributed by atoms with van der Waals surface area (Å²) < 4.78 is 0. The molecule has 1 unspecified atom stereocenters. The van der Waals surface area contributed by atoms with Crippen LogP contribution in [-0.4, -0.2) is 42.5 Å². The highest BCUT2D eigenvalue weighted by Gasteiger charge is 2.24. The zero-order chi connectivity index (χ0) is 13.8. The number of nitrogens with zero attached hydrogens (tertiary/aromatic N) is 2. The highest BCUT2D eigenvalue weighted by Crippen LogP contribution is 2.22. The summed E-state index contributed by atoms with van der Waals surface area (Å²) in [6.45, 7) is 6.63. The van der Waals surface area contributed by atoms with Crippen LogP contribution < -0.4 is 5.73 Å². The van der Waals surface area contributed by atoms with Crippen molar-refractivity contribution in [2.24, 2.45) is 0 Å². The van der Waals surface area contributed by atoms with Gasteiger partial charge in [-0.1, -0.05) is 24.6 Å². The Balaban J connectivity index is 1.92. The molecule has 1 fully saturated rings. The summed E-state index contributed by atoms with van der Waals surface area (Å²) in [6, 6.07) is 6.48. The van der Waals surface area contributed by atoms with Crippen LogP contribution in [-0.2, 0) is 6.54 Å². The van der Waals surface area contributed by atoms with Crippen molar-refractivity contribution < 1.29 is 0 Å². The van der Waals surface area contributed by atoms with Gasteiger partial charge in [0.05, 0.1) is 0 Å². The van der Waals surface area contributed by atoms with Gasteiger partial charge in [-0.25, -0.2) is 0 Å². The molecule has 1 aromatic carbocycles. The predicted molar refractivity (Wildman–Crippen MR) is 82.5 cm³/mol. The molecule has 106 valence electrons. The molecule has 1 heterocycles. The summed E-state index contributed by atoms with van der Waals surface area (Å²) in [5.41, 5.74) is 7.60. The van der Waals surface area contributed by atoms with Crippen LogP contribution in [0.1, 0.15) is 25.3 Å². The van der Waals surface area contributed by atoms with E-state index in [0.717, 1.165) is 35.9 Å². The van der Waals surface area contributed by atoms with E-state index in [4.69, 9.17) is 17.3 Å². The van der Waals surface area contributed by atoms with Crippen LogP contribution >= 0.6 is 11.6 Å². The van der Waals surface area contributed by atoms with Crippen molar-refractivity contribution in [1.82, 2.24) is 9.80 Å². The molecule has 3 nitrogen and oxygen atoms in total. The quantitative estimate of drug-likeness (QED) is 0.843. The third-order valence-electron chi connectivity index (χ3n) is 3.95. The van der Waals surface area contributed by atoms with Gasteiger partial charge in [-0.3, -0.25) is 4.90 Å². The SMILES string of the molecule is CCN1CCCC1CN(C)Cc1ccc(N)cc1Cl. The van der Waals surface area contributed by atoms with E-state index in [2.05, 4.69) is 23.8 Å². The Hall–Kier alpha value is -0.770. The summed E-state index contributed by atoms with van der Waals surface area (Å²) in [4.78, 5) is 4.93. The van der Waals surface area contributed by atoms with E-state index < -0.39 is 0 Å². The number of hydrogen-bond donors (Lipinski definition) is 1. The molecule has 1 aromatic rings. The monoisotopic (exact) mass is 281 g/mol. The van der Waals surface area contributed by atoms with Gasteiger partial charge in [0.2, 0.25) is 0 Å². The first-order valence-electron chi connectivity index (χ1n) is 7.06. The van der Waals surface area contributed by atoms with Crippen molar-refractivity contribution >= 4 is 17.3 Å². The molecule has 0 radical (unpaired) electrons. The minimum atomic E-state index is 0.697. The van der Waals surface area contributed by atoms with Crippen molar-refractivity contribution in [2.45, 2.75) is 32.4 Å². The zero-order valence-electron chi connectivity index (χ0n) is 11.9. The van der Waals surface area contributed by atoms with Gasteiger partial charge in [-0.2, -0.15) is 0 Å². The second-order valence-corrected chi connectivity index (χ2v) is 5.88. The molecular weight excluding hydrogens is 258 g/mol. The molecule has 2 rings (SSSR count). The van der Waals surface area contributed by atoms with Crippen LogP contribution in [0.25, 0.3) is 0 Å². The third kappa shape index (κ3) is 3.85. The van der Waals surface area contributed by atoms with Crippen molar-refractivity contribution in [3.05, 3.63) is 28.8 Å². The zero-order valence-corrected chi connectivity index (χ0v) is 12.7. The maximum atomic E-state index is 6.23. The number of nitrogen functional groups attached to an aromatic ring is 1. The largest absolute Gasteiger partial charge is 0.399 e. The molecule has 0 amide bonds. The predicted octanol–water partition coefficient (Wildman–Crippen LogP) is 2.84. The smallest absolute Gasteiger partial charge is 0.0471 e. The van der Waals surface area contributed by atoms with E-state index in [1.165, 1.54) is 19.4 Å². The Labute approximate surface area is 121 Å². The number of nitrogens with two attached hydrogens (primary N) is 1. The fourth-order valence-corrected chi connectivity index (χ4v) is 3.17. The second-order valence-electron chi connectivity index (χ2n) is 5.47. The highest BCUT2D eigenvalue weighted by molar-refractivity contribution is 6.31. The lowest BCUT2D eigenvalue weighted by atomic mass is 10.1. The second kappa shape index (κ2) is 6.60. The van der Waals surface area contributed by atoms with Crippen LogP contribution in [0.3, 0.4) is 0 Å². The van der Waals surface area contributed by atoms with Crippen LogP contribution in [0.4, 0.5) is 5.69 Å². The summed E-state index contributed by atoms with van der Waals surface area (Å²) in [7, 11) is 2.17. The standard InChI is InChI=1S/C15H24ClN3/c1-3-19-8-4-5-14(19)11-18(2)10-12-6-7-13(17)9-15(12)16/h6-7,9,14H,3-5,8,10-11,17H2,1-2H3. The molecule has 2 N–H and O–H groups in total. The summed E-state index contributed by atoms with van der Waals surface area (Å²) in [5.74, 6) is 0. The molecule has 1 saturated heterocycles. The molecule has 19 heavy (non-hydrogen) atoms. The lowest BCUT2D eigenvalue weighted by Gasteiger charge is -2.28. The first-order chi connectivity index (χ1) is 9.10. The lowest BCUT2D eigenvalue weighted by molar-refractivity contribution is 0.195. The maximum Gasteiger partial charge on any atom is 0.0471 e. The number of benzene rings is 1. The summed E-state index contributed by atoms with van der Waals surface area (Å²) >= 11 is 6.23. The third-order valence-corrected chi connectivity index (χ3v) is 4.30. The maximum absolute atomic E-state index is 6.23. The van der Waals surface area contributed by atoms with Crippen molar-refractivity contribution in [3.63, 3.8) is 0 Å². The molecule has 1 atom stereocenters. The van der Waals surface area contributed by atoms with Gasteiger partial charge >= 0.3 is 0 Å². The number of rotatable bonds is 5. The van der Waals surface area contributed by atoms with E-state index in [1.54, 1.807) is 0 Å². The Kier molecular flexibility index (Phi) is 5.08. The van der Waals surface area contributed by atoms with Gasteiger partial charge in [0, 0.05) is 29.8 Å². The number of likely N-dealkylation sites (N-methyl/N-ethyl adjacent to an activating group) is 2. The van der Waals surface area contributed by atoms with E-state index in [-0.39, 0.29) is 0 Å². The minimum Gasteiger partial charge on any atom is -0.399 e. The molecule has 0 saturated carbocycles. The van der Waals surface area contributed by atoms with Crippen LogP contribution in [0, 0.1) is 0 Å². The van der Waals surface area contributed by atoms with Crippen molar-refractivity contribution in [2.75, 3.05) is 32.4 Å². The molecule has 0 aliphatic carbocycles. The van der Waals surface area contributed by atoms with E-state index in [1.807, 2.05) is 18.2 Å². The van der Waals surface area contributed by atoms with Crippen molar-refractivity contribution in [3.8, 4) is 0 Å². The minimum absolute atomic E-state index is 0.697. The van der Waals surface area contributed by atoms with Crippen LogP contribution in [0.2, 0.25) is 5.02 Å². The van der Waals surface area contributed by atoms with Gasteiger partial charge in [0.1, 0.15) is 0 Å². The first-order valence-corrected chi connectivity index (χ1v) is 7.44. The first kappa shape index (κ1) is 14.6. The van der Waals surface area contributed by atoms with Crippen molar-refractivity contribution in [1.29, 1.82) is 0 Å². The van der Waals surface area contributed by atoms with Crippen LogP contribution in [0.15, 0.2) is 18.2 Å². The topological polar surface area (TPSA) is 32.5 Å². The molecular formula is C15H24ClN3. The summed E-state index contributed by atoms with van der Waals surface area (Å²) in [6.07, 6.45) is 2.64. The van der Waals surface area contributed by atoms with E-state index in [9.17, 15) is 0 Å². The summed E-state index contributed by atoms with van der Waals surface area (Å²) in [5, 5.41) is 0.769. The Morgan fingerprint density at radius 1 is 1.47 bits per heavy atom. The Morgan fingerprint density at radius 2 is 2.26 bits per heavy atom. The van der Waals surface area contributed by atoms with Gasteiger partial charge in [0.15, 0.2) is 0 Å². The normalized spacial score (nSPS) is 20.3. The molecule has 0 spiro atoms. The Morgan fingerprint density at radius 3 is 2.95 bits per heavy atom. The van der Waals surface area contributed by atoms with Gasteiger partial charge in [-0.05, 0) is 50.7 Å². The molecule has 0 aromatic heterocycles. The van der Waals surface area contributed by atoms with E-state index in [0.29, 0.717) is 6.04 Å². The van der Waals surface area contributed by atoms with Gasteiger partial charge in [0.25, 0.3) is 0 Å².